The molecule has 0 atom stereocenters. The van der Waals surface area contributed by atoms with Gasteiger partial charge in [-0.15, -0.1) is 0 Å². The van der Waals surface area contributed by atoms with E-state index in [4.69, 9.17) is 5.73 Å². The molecule has 0 radical (unpaired) electrons. The van der Waals surface area contributed by atoms with Gasteiger partial charge in [-0.2, -0.15) is 0 Å². The van der Waals surface area contributed by atoms with Gasteiger partial charge in [-0.05, 0) is 38.5 Å². The van der Waals surface area contributed by atoms with Crippen molar-refractivity contribution in [1.82, 2.24) is 4.98 Å². The van der Waals surface area contributed by atoms with Crippen molar-refractivity contribution in [2.45, 2.75) is 36.1 Å². The van der Waals surface area contributed by atoms with E-state index in [0.717, 1.165) is 0 Å². The Morgan fingerprint density at radius 3 is 2.43 bits per heavy atom. The lowest BCUT2D eigenvalue weighted by molar-refractivity contribution is 0.543. The average molecular weight is 296 g/mol. The van der Waals surface area contributed by atoms with Crippen LogP contribution in [0.25, 0.3) is 10.9 Å². The number of H-pyrrole nitrogens is 1. The second-order valence-corrected chi connectivity index (χ2v) is 7.00. The molecule has 0 aliphatic rings. The fourth-order valence-corrected chi connectivity index (χ4v) is 3.88. The number of aromatic amines is 1. The number of fused-ring (bicyclic) bond motifs is 1. The summed E-state index contributed by atoms with van der Waals surface area (Å²) in [5.74, 6) is 0. The second kappa shape index (κ2) is 5.24. The van der Waals surface area contributed by atoms with E-state index < -0.39 is 0 Å². The number of para-hydroxylation sites is 1. The normalized spacial score (nSPS) is 12.0. The topological polar surface area (TPSA) is 41.8 Å². The van der Waals surface area contributed by atoms with Gasteiger partial charge in [0.15, 0.2) is 0 Å². The van der Waals surface area contributed by atoms with Crippen molar-refractivity contribution < 1.29 is 0 Å². The van der Waals surface area contributed by atoms with Crippen molar-refractivity contribution in [3.8, 4) is 0 Å². The molecule has 1 heterocycles. The van der Waals surface area contributed by atoms with Gasteiger partial charge in [0.25, 0.3) is 0 Å². The van der Waals surface area contributed by atoms with E-state index in [2.05, 4.69) is 74.3 Å². The fourth-order valence-electron chi connectivity index (χ4n) is 2.58. The molecule has 0 amide bonds. The molecule has 21 heavy (non-hydrogen) atoms. The largest absolute Gasteiger partial charge is 0.358 e. The summed E-state index contributed by atoms with van der Waals surface area (Å²) in [6, 6.07) is 16.8. The minimum atomic E-state index is -0.344. The number of benzene rings is 2. The molecular formula is C18H20N2S. The summed E-state index contributed by atoms with van der Waals surface area (Å²) < 4.78 is 0. The molecule has 1 aromatic heterocycles. The van der Waals surface area contributed by atoms with Crippen LogP contribution in [0.2, 0.25) is 0 Å². The highest BCUT2D eigenvalue weighted by Crippen LogP contribution is 2.39. The number of rotatable bonds is 3. The van der Waals surface area contributed by atoms with Gasteiger partial charge < -0.3 is 10.7 Å². The predicted molar refractivity (Wildman–Crippen MR) is 90.8 cm³/mol. The van der Waals surface area contributed by atoms with Crippen molar-refractivity contribution in [2.24, 2.45) is 5.73 Å². The maximum Gasteiger partial charge on any atom is 0.0467 e. The molecule has 0 saturated heterocycles. The molecule has 0 spiro atoms. The van der Waals surface area contributed by atoms with E-state index in [-0.39, 0.29) is 5.54 Å². The van der Waals surface area contributed by atoms with Crippen LogP contribution in [0, 0.1) is 6.92 Å². The van der Waals surface area contributed by atoms with Crippen LogP contribution < -0.4 is 5.73 Å². The molecular weight excluding hydrogens is 276 g/mol. The van der Waals surface area contributed by atoms with Crippen molar-refractivity contribution in [3.05, 3.63) is 59.8 Å². The number of aromatic nitrogens is 1. The van der Waals surface area contributed by atoms with Crippen LogP contribution in [0.3, 0.4) is 0 Å². The Labute approximate surface area is 129 Å². The van der Waals surface area contributed by atoms with E-state index in [9.17, 15) is 0 Å². The molecule has 0 saturated carbocycles. The molecule has 0 unspecified atom stereocenters. The maximum atomic E-state index is 6.32. The molecule has 2 aromatic carbocycles. The van der Waals surface area contributed by atoms with E-state index in [1.54, 1.807) is 11.8 Å². The molecule has 0 aliphatic carbocycles. The summed E-state index contributed by atoms with van der Waals surface area (Å²) in [5, 5.41) is 1.27. The summed E-state index contributed by atoms with van der Waals surface area (Å²) >= 11 is 1.79. The summed E-state index contributed by atoms with van der Waals surface area (Å²) in [7, 11) is 0. The first-order valence-electron chi connectivity index (χ1n) is 7.10. The first-order chi connectivity index (χ1) is 9.97. The van der Waals surface area contributed by atoms with Crippen LogP contribution in [-0.4, -0.2) is 4.98 Å². The molecule has 3 heteroatoms. The van der Waals surface area contributed by atoms with Crippen molar-refractivity contribution in [2.75, 3.05) is 0 Å². The lowest BCUT2D eigenvalue weighted by Crippen LogP contribution is -2.29. The summed E-state index contributed by atoms with van der Waals surface area (Å²) in [6.45, 7) is 6.22. The minimum absolute atomic E-state index is 0.344. The Morgan fingerprint density at radius 1 is 1.00 bits per heavy atom. The van der Waals surface area contributed by atoms with E-state index in [1.165, 1.54) is 32.0 Å². The monoisotopic (exact) mass is 296 g/mol. The van der Waals surface area contributed by atoms with Crippen molar-refractivity contribution >= 4 is 22.7 Å². The zero-order valence-corrected chi connectivity index (χ0v) is 13.4. The zero-order chi connectivity index (χ0) is 15.0. The van der Waals surface area contributed by atoms with Gasteiger partial charge >= 0.3 is 0 Å². The molecule has 3 rings (SSSR count). The Morgan fingerprint density at radius 2 is 1.67 bits per heavy atom. The van der Waals surface area contributed by atoms with Crippen molar-refractivity contribution in [3.63, 3.8) is 0 Å². The number of nitrogens with two attached hydrogens (primary N) is 1. The predicted octanol–water partition coefficient (Wildman–Crippen LogP) is 4.82. The number of aryl methyl sites for hydroxylation is 1. The smallest absolute Gasteiger partial charge is 0.0467 e. The molecule has 2 nitrogen and oxygen atoms in total. The first-order valence-corrected chi connectivity index (χ1v) is 7.92. The SMILES string of the molecule is Cc1[nH]c2ccccc2c1Sc1ccccc1C(C)(C)N. The quantitative estimate of drug-likeness (QED) is 0.727. The molecule has 108 valence electrons. The molecule has 0 aliphatic heterocycles. The Hall–Kier alpha value is -1.71. The second-order valence-electron chi connectivity index (χ2n) is 5.94. The summed E-state index contributed by atoms with van der Waals surface area (Å²) in [4.78, 5) is 5.95. The van der Waals surface area contributed by atoms with Gasteiger partial charge in [0.2, 0.25) is 0 Å². The van der Waals surface area contributed by atoms with Gasteiger partial charge in [0.05, 0.1) is 0 Å². The third kappa shape index (κ3) is 2.71. The zero-order valence-electron chi connectivity index (χ0n) is 12.6. The Balaban J connectivity index is 2.10. The third-order valence-electron chi connectivity index (χ3n) is 3.63. The van der Waals surface area contributed by atoms with E-state index in [0.29, 0.717) is 0 Å². The standard InChI is InChI=1S/C18H20N2S/c1-12-17(13-8-4-6-10-15(13)20-12)21-16-11-7-5-9-14(16)18(2,3)19/h4-11,20H,19H2,1-3H3. The molecule has 3 N–H and O–H groups in total. The van der Waals surface area contributed by atoms with Crippen LogP contribution in [0.4, 0.5) is 0 Å². The van der Waals surface area contributed by atoms with Gasteiger partial charge in [-0.3, -0.25) is 0 Å². The minimum Gasteiger partial charge on any atom is -0.358 e. The fraction of sp³-hybridized carbons (Fsp3) is 0.222. The average Bonchev–Trinajstić information content (AvgIpc) is 2.75. The Bertz CT molecular complexity index is 781. The van der Waals surface area contributed by atoms with Crippen LogP contribution in [0.1, 0.15) is 25.1 Å². The first kappa shape index (κ1) is 14.2. The van der Waals surface area contributed by atoms with Gasteiger partial charge in [0.1, 0.15) is 0 Å². The van der Waals surface area contributed by atoms with Gasteiger partial charge in [-0.1, -0.05) is 48.2 Å². The number of hydrogen-bond acceptors (Lipinski definition) is 2. The van der Waals surface area contributed by atoms with Crippen LogP contribution in [0.15, 0.2) is 58.3 Å². The van der Waals surface area contributed by atoms with Crippen LogP contribution >= 0.6 is 11.8 Å². The van der Waals surface area contributed by atoms with Crippen molar-refractivity contribution in [1.29, 1.82) is 0 Å². The number of hydrogen-bond donors (Lipinski definition) is 2. The van der Waals surface area contributed by atoms with Gasteiger partial charge in [-0.25, -0.2) is 0 Å². The summed E-state index contributed by atoms with van der Waals surface area (Å²) in [5.41, 5.74) is 9.53. The lowest BCUT2D eigenvalue weighted by Gasteiger charge is -2.22. The molecule has 3 aromatic rings. The highest BCUT2D eigenvalue weighted by molar-refractivity contribution is 7.99. The summed E-state index contributed by atoms with van der Waals surface area (Å²) in [6.07, 6.45) is 0. The molecule has 0 fully saturated rings. The van der Waals surface area contributed by atoms with Gasteiger partial charge in [0, 0.05) is 31.9 Å². The van der Waals surface area contributed by atoms with E-state index >= 15 is 0 Å². The van der Waals surface area contributed by atoms with Crippen LogP contribution in [-0.2, 0) is 5.54 Å². The highest BCUT2D eigenvalue weighted by Gasteiger charge is 2.19. The number of nitrogens with one attached hydrogen (secondary N) is 1. The lowest BCUT2D eigenvalue weighted by atomic mass is 9.96. The molecule has 0 bridgehead atoms. The third-order valence-corrected chi connectivity index (χ3v) is 4.93. The Kier molecular flexibility index (Phi) is 3.56. The maximum absolute atomic E-state index is 6.32. The van der Waals surface area contributed by atoms with Crippen LogP contribution in [0.5, 0.6) is 0 Å². The highest BCUT2D eigenvalue weighted by atomic mass is 32.2. The van der Waals surface area contributed by atoms with E-state index in [1.807, 2.05) is 0 Å².